The zero-order chi connectivity index (χ0) is 23.6. The number of thioether (sulfide) groups is 1. The van der Waals surface area contributed by atoms with Crippen LogP contribution < -0.4 is 14.8 Å². The highest BCUT2D eigenvalue weighted by Gasteiger charge is 2.12. The van der Waals surface area contributed by atoms with Crippen molar-refractivity contribution in [1.29, 1.82) is 0 Å². The summed E-state index contributed by atoms with van der Waals surface area (Å²) in [6, 6.07) is 22.2. The predicted molar refractivity (Wildman–Crippen MR) is 137 cm³/mol. The number of aromatic nitrogens is 4. The first-order chi connectivity index (χ1) is 16.8. The Kier molecular flexibility index (Phi) is 10.3. The summed E-state index contributed by atoms with van der Waals surface area (Å²) in [5, 5.41) is 16.2. The summed E-state index contributed by atoms with van der Waals surface area (Å²) in [6.45, 7) is 1.55. The van der Waals surface area contributed by atoms with Gasteiger partial charge in [-0.15, -0.1) is 17.5 Å². The number of rotatable bonds is 12. The lowest BCUT2D eigenvalue weighted by molar-refractivity contribution is 0.276. The molecule has 1 aromatic heterocycles. The monoisotopic (exact) mass is 515 g/mol. The smallest absolute Gasteiger partial charge is 0.214 e. The van der Waals surface area contributed by atoms with Gasteiger partial charge < -0.3 is 14.8 Å². The largest absolute Gasteiger partial charge is 0.493 e. The Morgan fingerprint density at radius 3 is 2.54 bits per heavy atom. The van der Waals surface area contributed by atoms with Crippen LogP contribution in [0.4, 0.5) is 4.39 Å². The molecule has 184 valence electrons. The molecule has 1 N–H and O–H groups in total. The Bertz CT molecular complexity index is 1200. The number of para-hydroxylation sites is 2. The van der Waals surface area contributed by atoms with Gasteiger partial charge in [0.2, 0.25) is 5.16 Å². The fourth-order valence-corrected chi connectivity index (χ4v) is 4.20. The molecule has 3 aromatic carbocycles. The third-order valence-corrected chi connectivity index (χ3v) is 6.10. The Morgan fingerprint density at radius 1 is 0.971 bits per heavy atom. The van der Waals surface area contributed by atoms with Crippen LogP contribution in [0.2, 0.25) is 0 Å². The summed E-state index contributed by atoms with van der Waals surface area (Å²) < 4.78 is 27.2. The van der Waals surface area contributed by atoms with Gasteiger partial charge in [-0.3, -0.25) is 0 Å². The minimum absolute atomic E-state index is 0. The molecule has 0 aliphatic carbocycles. The van der Waals surface area contributed by atoms with E-state index in [1.807, 2.05) is 48.5 Å². The van der Waals surface area contributed by atoms with Crippen molar-refractivity contribution in [3.8, 4) is 17.2 Å². The van der Waals surface area contributed by atoms with Crippen molar-refractivity contribution in [3.63, 3.8) is 0 Å². The number of hydrogen-bond acceptors (Lipinski definition) is 7. The minimum Gasteiger partial charge on any atom is -0.493 e. The standard InChI is InChI=1S/C25H26FN5O2S.ClH/c1-32-23-14-7-10-19(24(23)33-18-20-9-5-6-13-22(20)26)17-27-15-8-16-34-25-28-29-30-31(25)21-11-3-2-4-12-21;/h2-7,9-14,27H,8,15-18H2,1H3;1H. The number of ether oxygens (including phenoxy) is 2. The van der Waals surface area contributed by atoms with E-state index in [0.717, 1.165) is 35.1 Å². The molecule has 0 aliphatic rings. The van der Waals surface area contributed by atoms with Crippen LogP contribution in [0.1, 0.15) is 17.5 Å². The molecular formula is C25H27ClFN5O2S. The lowest BCUT2D eigenvalue weighted by Gasteiger charge is -2.16. The number of benzene rings is 3. The molecule has 4 aromatic rings. The van der Waals surface area contributed by atoms with E-state index >= 15 is 0 Å². The molecule has 1 heterocycles. The maximum absolute atomic E-state index is 14.0. The molecule has 0 aliphatic heterocycles. The van der Waals surface area contributed by atoms with Crippen LogP contribution in [0, 0.1) is 5.82 Å². The van der Waals surface area contributed by atoms with Crippen LogP contribution in [0.3, 0.4) is 0 Å². The van der Waals surface area contributed by atoms with Gasteiger partial charge in [-0.25, -0.2) is 4.39 Å². The van der Waals surface area contributed by atoms with E-state index in [-0.39, 0.29) is 24.8 Å². The molecule has 0 saturated heterocycles. The molecular weight excluding hydrogens is 489 g/mol. The van der Waals surface area contributed by atoms with Crippen LogP contribution >= 0.6 is 24.2 Å². The van der Waals surface area contributed by atoms with E-state index in [9.17, 15) is 4.39 Å². The van der Waals surface area contributed by atoms with Crippen LogP contribution in [0.15, 0.2) is 78.0 Å². The van der Waals surface area contributed by atoms with Crippen LogP contribution in [-0.2, 0) is 13.2 Å². The van der Waals surface area contributed by atoms with Gasteiger partial charge in [0, 0.05) is 23.4 Å². The van der Waals surface area contributed by atoms with Crippen molar-refractivity contribution in [2.75, 3.05) is 19.4 Å². The third-order valence-electron chi connectivity index (χ3n) is 5.10. The second-order valence-corrected chi connectivity index (χ2v) is 8.48. The zero-order valence-electron chi connectivity index (χ0n) is 19.3. The number of tetrazole rings is 1. The second-order valence-electron chi connectivity index (χ2n) is 7.42. The number of halogens is 2. The van der Waals surface area contributed by atoms with Gasteiger partial charge in [0.1, 0.15) is 12.4 Å². The summed E-state index contributed by atoms with van der Waals surface area (Å²) in [7, 11) is 1.60. The van der Waals surface area contributed by atoms with E-state index < -0.39 is 0 Å². The molecule has 0 saturated carbocycles. The Morgan fingerprint density at radius 2 is 1.74 bits per heavy atom. The first-order valence-corrected chi connectivity index (χ1v) is 11.9. The topological polar surface area (TPSA) is 74.1 Å². The first kappa shape index (κ1) is 26.5. The molecule has 0 unspecified atom stereocenters. The van der Waals surface area contributed by atoms with Crippen molar-refractivity contribution >= 4 is 24.2 Å². The highest BCUT2D eigenvalue weighted by Crippen LogP contribution is 2.32. The summed E-state index contributed by atoms with van der Waals surface area (Å²) in [5.74, 6) is 1.83. The van der Waals surface area contributed by atoms with Crippen molar-refractivity contribution < 1.29 is 13.9 Å². The highest BCUT2D eigenvalue weighted by molar-refractivity contribution is 7.99. The maximum Gasteiger partial charge on any atom is 0.214 e. The Balaban J connectivity index is 0.00000342. The number of hydrogen-bond donors (Lipinski definition) is 1. The van der Waals surface area contributed by atoms with Gasteiger partial charge in [-0.05, 0) is 47.7 Å². The fraction of sp³-hybridized carbons (Fsp3) is 0.240. The molecule has 0 atom stereocenters. The summed E-state index contributed by atoms with van der Waals surface area (Å²) >= 11 is 1.62. The average Bonchev–Trinajstić information content (AvgIpc) is 3.35. The fourth-order valence-electron chi connectivity index (χ4n) is 3.37. The maximum atomic E-state index is 14.0. The number of nitrogens with one attached hydrogen (secondary N) is 1. The molecule has 0 fully saturated rings. The second kappa shape index (κ2) is 13.7. The lowest BCUT2D eigenvalue weighted by Crippen LogP contribution is -2.16. The predicted octanol–water partition coefficient (Wildman–Crippen LogP) is 5.08. The van der Waals surface area contributed by atoms with Gasteiger partial charge >= 0.3 is 0 Å². The average molecular weight is 516 g/mol. The molecule has 4 rings (SSSR count). The Labute approximate surface area is 214 Å². The van der Waals surface area contributed by atoms with Gasteiger partial charge in [-0.1, -0.05) is 60.3 Å². The van der Waals surface area contributed by atoms with E-state index in [0.29, 0.717) is 23.6 Å². The lowest BCUT2D eigenvalue weighted by atomic mass is 10.1. The number of methoxy groups -OCH3 is 1. The van der Waals surface area contributed by atoms with Crippen molar-refractivity contribution in [2.45, 2.75) is 24.7 Å². The summed E-state index contributed by atoms with van der Waals surface area (Å²) in [5.41, 5.74) is 2.40. The van der Waals surface area contributed by atoms with Crippen molar-refractivity contribution in [3.05, 3.63) is 89.7 Å². The van der Waals surface area contributed by atoms with Crippen molar-refractivity contribution in [2.24, 2.45) is 0 Å². The number of nitrogens with zero attached hydrogens (tertiary/aromatic N) is 4. The first-order valence-electron chi connectivity index (χ1n) is 11.0. The zero-order valence-corrected chi connectivity index (χ0v) is 20.9. The minimum atomic E-state index is -0.284. The summed E-state index contributed by atoms with van der Waals surface area (Å²) in [4.78, 5) is 0. The molecule has 7 nitrogen and oxygen atoms in total. The molecule has 0 radical (unpaired) electrons. The molecule has 0 amide bonds. The normalized spacial score (nSPS) is 10.6. The van der Waals surface area contributed by atoms with E-state index in [1.54, 1.807) is 41.8 Å². The molecule has 10 heteroatoms. The third kappa shape index (κ3) is 7.17. The van der Waals surface area contributed by atoms with Gasteiger partial charge in [0.05, 0.1) is 12.8 Å². The van der Waals surface area contributed by atoms with E-state index in [1.165, 1.54) is 6.07 Å². The summed E-state index contributed by atoms with van der Waals surface area (Å²) in [6.07, 6.45) is 0.932. The van der Waals surface area contributed by atoms with Crippen LogP contribution in [0.5, 0.6) is 11.5 Å². The molecule has 0 bridgehead atoms. The quantitative estimate of drug-likeness (QED) is 0.208. The van der Waals surface area contributed by atoms with Crippen LogP contribution in [0.25, 0.3) is 5.69 Å². The molecule has 35 heavy (non-hydrogen) atoms. The van der Waals surface area contributed by atoms with Crippen molar-refractivity contribution in [1.82, 2.24) is 25.5 Å². The van der Waals surface area contributed by atoms with E-state index in [4.69, 9.17) is 9.47 Å². The molecule has 0 spiro atoms. The Hall–Kier alpha value is -3.14. The SMILES string of the molecule is COc1cccc(CNCCCSc2nnnn2-c2ccccc2)c1OCc1ccccc1F.Cl. The van der Waals surface area contributed by atoms with Gasteiger partial charge in [-0.2, -0.15) is 4.68 Å². The van der Waals surface area contributed by atoms with E-state index in [2.05, 4.69) is 20.8 Å². The van der Waals surface area contributed by atoms with Gasteiger partial charge in [0.15, 0.2) is 11.5 Å². The van der Waals surface area contributed by atoms with Gasteiger partial charge in [0.25, 0.3) is 0 Å². The van der Waals surface area contributed by atoms with Crippen LogP contribution in [-0.4, -0.2) is 39.6 Å². The highest BCUT2D eigenvalue weighted by atomic mass is 35.5.